The third-order valence-corrected chi connectivity index (χ3v) is 4.75. The Bertz CT molecular complexity index is 570. The Hall–Kier alpha value is -1.59. The van der Waals surface area contributed by atoms with Gasteiger partial charge in [0, 0.05) is 36.8 Å². The number of nitrogens with one attached hydrogen (secondary N) is 2. The number of nitrogens with zero attached hydrogens (tertiary/aromatic N) is 1. The van der Waals surface area contributed by atoms with Crippen LogP contribution in [-0.2, 0) is 4.79 Å². The summed E-state index contributed by atoms with van der Waals surface area (Å²) in [5.41, 5.74) is 1.41. The Labute approximate surface area is 143 Å². The Morgan fingerprint density at radius 2 is 1.91 bits per heavy atom. The first-order valence-electron chi connectivity index (χ1n) is 7.95. The van der Waals surface area contributed by atoms with Crippen molar-refractivity contribution in [3.05, 3.63) is 29.8 Å². The minimum Gasteiger partial charge on any atom is -0.337 e. The maximum atomic E-state index is 12.4. The molecule has 1 aliphatic heterocycles. The summed E-state index contributed by atoms with van der Waals surface area (Å²) in [4.78, 5) is 26.1. The summed E-state index contributed by atoms with van der Waals surface area (Å²) in [6.45, 7) is 3.91. The first-order chi connectivity index (χ1) is 10.6. The molecule has 2 amide bonds. The smallest absolute Gasteiger partial charge is 0.253 e. The van der Waals surface area contributed by atoms with Crippen LogP contribution in [0.4, 0.5) is 5.69 Å². The molecule has 3 rings (SSSR count). The van der Waals surface area contributed by atoms with Crippen molar-refractivity contribution in [2.24, 2.45) is 11.8 Å². The number of halogens is 1. The molecule has 1 aromatic carbocycles. The highest BCUT2D eigenvalue weighted by molar-refractivity contribution is 5.97. The second-order valence-corrected chi connectivity index (χ2v) is 6.45. The van der Waals surface area contributed by atoms with Gasteiger partial charge in [-0.1, -0.05) is 6.92 Å². The SMILES string of the molecule is CC1CC1C(=O)Nc1ccc(C(=O)N(C)C2CCNC2)cc1.Cl. The van der Waals surface area contributed by atoms with Crippen LogP contribution in [0.2, 0.25) is 0 Å². The number of hydrogen-bond acceptors (Lipinski definition) is 3. The molecule has 6 heteroatoms. The van der Waals surface area contributed by atoms with E-state index in [-0.39, 0.29) is 36.2 Å². The van der Waals surface area contributed by atoms with E-state index in [1.165, 1.54) is 0 Å². The highest BCUT2D eigenvalue weighted by atomic mass is 35.5. The maximum absolute atomic E-state index is 12.4. The summed E-state index contributed by atoms with van der Waals surface area (Å²) in [7, 11) is 1.85. The highest BCUT2D eigenvalue weighted by Crippen LogP contribution is 2.38. The zero-order valence-corrected chi connectivity index (χ0v) is 14.4. The largest absolute Gasteiger partial charge is 0.337 e. The van der Waals surface area contributed by atoms with Gasteiger partial charge in [-0.25, -0.2) is 0 Å². The lowest BCUT2D eigenvalue weighted by molar-refractivity contribution is -0.117. The molecule has 1 aliphatic carbocycles. The number of likely N-dealkylation sites (N-methyl/N-ethyl adjacent to an activating group) is 1. The molecular weight excluding hydrogens is 314 g/mol. The van der Waals surface area contributed by atoms with E-state index in [1.54, 1.807) is 29.2 Å². The summed E-state index contributed by atoms with van der Waals surface area (Å²) >= 11 is 0. The quantitative estimate of drug-likeness (QED) is 0.885. The topological polar surface area (TPSA) is 61.4 Å². The van der Waals surface area contributed by atoms with Gasteiger partial charge >= 0.3 is 0 Å². The Balaban J connectivity index is 0.00000192. The van der Waals surface area contributed by atoms with Gasteiger partial charge in [-0.3, -0.25) is 9.59 Å². The van der Waals surface area contributed by atoms with Crippen molar-refractivity contribution in [3.63, 3.8) is 0 Å². The fourth-order valence-corrected chi connectivity index (χ4v) is 2.96. The maximum Gasteiger partial charge on any atom is 0.253 e. The number of carbonyl (C=O) groups is 2. The highest BCUT2D eigenvalue weighted by Gasteiger charge is 2.39. The van der Waals surface area contributed by atoms with Crippen molar-refractivity contribution in [3.8, 4) is 0 Å². The van der Waals surface area contributed by atoms with Crippen LogP contribution in [0.3, 0.4) is 0 Å². The molecule has 0 bridgehead atoms. The van der Waals surface area contributed by atoms with Crippen LogP contribution in [0, 0.1) is 11.8 Å². The predicted octanol–water partition coefficient (Wildman–Crippen LogP) is 2.14. The number of anilines is 1. The second-order valence-electron chi connectivity index (χ2n) is 6.45. The van der Waals surface area contributed by atoms with E-state index in [9.17, 15) is 9.59 Å². The summed E-state index contributed by atoms with van der Waals surface area (Å²) in [6, 6.07) is 7.45. The Morgan fingerprint density at radius 3 is 2.43 bits per heavy atom. The molecule has 23 heavy (non-hydrogen) atoms. The lowest BCUT2D eigenvalue weighted by Gasteiger charge is -2.23. The van der Waals surface area contributed by atoms with Crippen molar-refractivity contribution in [2.45, 2.75) is 25.8 Å². The summed E-state index contributed by atoms with van der Waals surface area (Å²) < 4.78 is 0. The van der Waals surface area contributed by atoms with Gasteiger partial charge < -0.3 is 15.5 Å². The van der Waals surface area contributed by atoms with Crippen molar-refractivity contribution >= 4 is 29.9 Å². The molecule has 1 aromatic rings. The standard InChI is InChI=1S/C17H23N3O2.ClH/c1-11-9-15(11)16(21)19-13-5-3-12(4-6-13)17(22)20(2)14-7-8-18-10-14;/h3-6,11,14-15,18H,7-10H2,1-2H3,(H,19,21);1H. The summed E-state index contributed by atoms with van der Waals surface area (Å²) in [5, 5.41) is 6.18. The average molecular weight is 338 g/mol. The van der Waals surface area contributed by atoms with E-state index in [4.69, 9.17) is 0 Å². The van der Waals surface area contributed by atoms with E-state index in [0.717, 1.165) is 31.6 Å². The first kappa shape index (κ1) is 17.8. The molecule has 3 atom stereocenters. The first-order valence-corrected chi connectivity index (χ1v) is 7.95. The van der Waals surface area contributed by atoms with Gasteiger partial charge in [0.2, 0.25) is 5.91 Å². The number of carbonyl (C=O) groups excluding carboxylic acids is 2. The number of hydrogen-bond donors (Lipinski definition) is 2. The van der Waals surface area contributed by atoms with E-state index in [1.807, 2.05) is 7.05 Å². The van der Waals surface area contributed by atoms with Crippen LogP contribution in [0.1, 0.15) is 30.1 Å². The molecule has 2 N–H and O–H groups in total. The van der Waals surface area contributed by atoms with Gasteiger partial charge in [-0.05, 0) is 49.6 Å². The van der Waals surface area contributed by atoms with Crippen LogP contribution in [0.15, 0.2) is 24.3 Å². The summed E-state index contributed by atoms with van der Waals surface area (Å²) in [6.07, 6.45) is 1.97. The average Bonchev–Trinajstić information content (AvgIpc) is 3.03. The third-order valence-electron chi connectivity index (χ3n) is 4.75. The number of amides is 2. The van der Waals surface area contributed by atoms with Gasteiger partial charge in [0.05, 0.1) is 0 Å². The third kappa shape index (κ3) is 4.03. The molecule has 2 aliphatic rings. The van der Waals surface area contributed by atoms with Gasteiger partial charge in [0.15, 0.2) is 0 Å². The summed E-state index contributed by atoms with van der Waals surface area (Å²) in [5.74, 6) is 0.764. The normalized spacial score (nSPS) is 25.4. The molecular formula is C17H24ClN3O2. The van der Waals surface area contributed by atoms with Gasteiger partial charge in [0.25, 0.3) is 5.91 Å². The van der Waals surface area contributed by atoms with Crippen LogP contribution in [0.5, 0.6) is 0 Å². The zero-order valence-electron chi connectivity index (χ0n) is 13.5. The molecule has 1 saturated carbocycles. The Morgan fingerprint density at radius 1 is 1.26 bits per heavy atom. The molecule has 0 radical (unpaired) electrons. The van der Waals surface area contributed by atoms with E-state index in [2.05, 4.69) is 17.6 Å². The fourth-order valence-electron chi connectivity index (χ4n) is 2.96. The minimum absolute atomic E-state index is 0. The molecule has 0 aromatic heterocycles. The van der Waals surface area contributed by atoms with Crippen LogP contribution in [0.25, 0.3) is 0 Å². The van der Waals surface area contributed by atoms with Crippen molar-refractivity contribution in [2.75, 3.05) is 25.5 Å². The van der Waals surface area contributed by atoms with E-state index >= 15 is 0 Å². The van der Waals surface area contributed by atoms with Gasteiger partial charge in [0.1, 0.15) is 0 Å². The number of rotatable bonds is 4. The number of benzene rings is 1. The van der Waals surface area contributed by atoms with Gasteiger partial charge in [-0.2, -0.15) is 0 Å². The van der Waals surface area contributed by atoms with Crippen LogP contribution >= 0.6 is 12.4 Å². The molecule has 1 heterocycles. The molecule has 1 saturated heterocycles. The lowest BCUT2D eigenvalue weighted by atomic mass is 10.1. The van der Waals surface area contributed by atoms with Crippen LogP contribution in [-0.4, -0.2) is 42.9 Å². The Kier molecular flexibility index (Phi) is 5.65. The molecule has 3 unspecified atom stereocenters. The van der Waals surface area contributed by atoms with E-state index < -0.39 is 0 Å². The molecule has 0 spiro atoms. The van der Waals surface area contributed by atoms with Crippen molar-refractivity contribution < 1.29 is 9.59 Å². The monoisotopic (exact) mass is 337 g/mol. The second kappa shape index (κ2) is 7.32. The van der Waals surface area contributed by atoms with Gasteiger partial charge in [-0.15, -0.1) is 12.4 Å². The fraction of sp³-hybridized carbons (Fsp3) is 0.529. The van der Waals surface area contributed by atoms with Crippen molar-refractivity contribution in [1.29, 1.82) is 0 Å². The van der Waals surface area contributed by atoms with Crippen LogP contribution < -0.4 is 10.6 Å². The predicted molar refractivity (Wildman–Crippen MR) is 93.0 cm³/mol. The molecule has 126 valence electrons. The van der Waals surface area contributed by atoms with E-state index in [0.29, 0.717) is 11.5 Å². The molecule has 2 fully saturated rings. The van der Waals surface area contributed by atoms with Crippen molar-refractivity contribution in [1.82, 2.24) is 10.2 Å². The zero-order chi connectivity index (χ0) is 15.7. The lowest BCUT2D eigenvalue weighted by Crippen LogP contribution is -2.38. The minimum atomic E-state index is 0. The molecule has 5 nitrogen and oxygen atoms in total.